The van der Waals surface area contributed by atoms with Gasteiger partial charge in [-0.2, -0.15) is 0 Å². The molecule has 1 aromatic carbocycles. The zero-order chi connectivity index (χ0) is 15.2. The van der Waals surface area contributed by atoms with E-state index < -0.39 is 11.4 Å². The van der Waals surface area contributed by atoms with Crippen molar-refractivity contribution >= 4 is 0 Å². The highest BCUT2D eigenvalue weighted by molar-refractivity contribution is 5.37. The summed E-state index contributed by atoms with van der Waals surface area (Å²) in [4.78, 5) is 22.8. The predicted octanol–water partition coefficient (Wildman–Crippen LogP) is 0.458. The van der Waals surface area contributed by atoms with Gasteiger partial charge in [-0.25, -0.2) is 9.07 Å². The van der Waals surface area contributed by atoms with Crippen LogP contribution in [0.4, 0.5) is 4.39 Å². The number of nitrogens with one attached hydrogen (secondary N) is 1. The second-order valence-corrected chi connectivity index (χ2v) is 4.36. The van der Waals surface area contributed by atoms with E-state index in [4.69, 9.17) is 5.11 Å². The molecule has 0 atom stereocenters. The molecular weight excluding hydrogens is 275 g/mol. The van der Waals surface area contributed by atoms with E-state index in [1.54, 1.807) is 6.07 Å². The lowest BCUT2D eigenvalue weighted by Crippen LogP contribution is -2.28. The summed E-state index contributed by atoms with van der Waals surface area (Å²) in [5, 5.41) is 11.0. The van der Waals surface area contributed by atoms with Crippen molar-refractivity contribution in [2.75, 3.05) is 6.61 Å². The molecule has 0 amide bonds. The van der Waals surface area contributed by atoms with Gasteiger partial charge in [0.05, 0.1) is 13.2 Å². The number of aliphatic hydroxyl groups is 1. The SMILES string of the molecule is O=c1ccc(=O)n(Cc2cc(F)cc(C#CCCO)c2)[nH]1. The molecule has 0 radical (unpaired) electrons. The Kier molecular flexibility index (Phi) is 4.69. The van der Waals surface area contributed by atoms with Crippen LogP contribution in [0.1, 0.15) is 17.5 Å². The second kappa shape index (κ2) is 6.68. The van der Waals surface area contributed by atoms with Crippen molar-refractivity contribution in [2.24, 2.45) is 0 Å². The maximum absolute atomic E-state index is 13.5. The highest BCUT2D eigenvalue weighted by Gasteiger charge is 2.03. The van der Waals surface area contributed by atoms with Crippen molar-refractivity contribution in [2.45, 2.75) is 13.0 Å². The Bertz CT molecular complexity index is 812. The third kappa shape index (κ3) is 4.16. The lowest BCUT2D eigenvalue weighted by Gasteiger charge is -2.06. The fourth-order valence-electron chi connectivity index (χ4n) is 1.80. The highest BCUT2D eigenvalue weighted by Crippen LogP contribution is 2.09. The van der Waals surface area contributed by atoms with Crippen LogP contribution >= 0.6 is 0 Å². The quantitative estimate of drug-likeness (QED) is 0.806. The minimum atomic E-state index is -0.480. The van der Waals surface area contributed by atoms with Crippen LogP contribution in [0.15, 0.2) is 39.9 Å². The smallest absolute Gasteiger partial charge is 0.265 e. The summed E-state index contributed by atoms with van der Waals surface area (Å²) in [6.07, 6.45) is 0.303. The number of nitrogens with zero attached hydrogens (tertiary/aromatic N) is 1. The number of hydrogen-bond donors (Lipinski definition) is 2. The number of hydrogen-bond acceptors (Lipinski definition) is 3. The summed E-state index contributed by atoms with van der Waals surface area (Å²) in [5.41, 5.74) is 0.165. The lowest BCUT2D eigenvalue weighted by molar-refractivity contribution is 0.305. The summed E-state index contributed by atoms with van der Waals surface area (Å²) in [7, 11) is 0. The molecule has 0 aliphatic rings. The average Bonchev–Trinajstić information content (AvgIpc) is 2.43. The molecule has 21 heavy (non-hydrogen) atoms. The molecule has 0 saturated heterocycles. The van der Waals surface area contributed by atoms with Gasteiger partial charge in [0.1, 0.15) is 5.82 Å². The molecule has 108 valence electrons. The molecule has 1 aromatic heterocycles. The van der Waals surface area contributed by atoms with Crippen molar-refractivity contribution in [3.05, 3.63) is 68.0 Å². The van der Waals surface area contributed by atoms with Crippen LogP contribution in [0.2, 0.25) is 0 Å². The van der Waals surface area contributed by atoms with Gasteiger partial charge in [-0.05, 0) is 23.8 Å². The number of aromatic nitrogens is 2. The van der Waals surface area contributed by atoms with E-state index >= 15 is 0 Å². The Labute approximate surface area is 119 Å². The first kappa shape index (κ1) is 14.8. The number of rotatable bonds is 3. The Morgan fingerprint density at radius 2 is 2.05 bits per heavy atom. The third-order valence-electron chi connectivity index (χ3n) is 2.66. The van der Waals surface area contributed by atoms with Crippen LogP contribution in [0.5, 0.6) is 0 Å². The summed E-state index contributed by atoms with van der Waals surface area (Å²) >= 11 is 0. The first-order chi connectivity index (χ1) is 10.1. The molecule has 0 aliphatic carbocycles. The number of aliphatic hydroxyl groups excluding tert-OH is 1. The van der Waals surface area contributed by atoms with Crippen LogP contribution in [0, 0.1) is 17.7 Å². The normalized spacial score (nSPS) is 10.0. The van der Waals surface area contributed by atoms with Gasteiger partial charge >= 0.3 is 0 Å². The zero-order valence-electron chi connectivity index (χ0n) is 11.1. The molecule has 2 rings (SSSR count). The summed E-state index contributed by atoms with van der Waals surface area (Å²) in [6, 6.07) is 6.46. The van der Waals surface area contributed by atoms with Gasteiger partial charge in [0.15, 0.2) is 0 Å². The molecule has 0 spiro atoms. The minimum Gasteiger partial charge on any atom is -0.395 e. The fourth-order valence-corrected chi connectivity index (χ4v) is 1.80. The maximum atomic E-state index is 13.5. The Morgan fingerprint density at radius 3 is 2.81 bits per heavy atom. The highest BCUT2D eigenvalue weighted by atomic mass is 19.1. The van der Waals surface area contributed by atoms with E-state index in [0.29, 0.717) is 17.5 Å². The second-order valence-electron chi connectivity index (χ2n) is 4.36. The molecule has 0 bridgehead atoms. The zero-order valence-corrected chi connectivity index (χ0v) is 11.1. The topological polar surface area (TPSA) is 75.1 Å². The summed E-state index contributed by atoms with van der Waals surface area (Å²) in [6.45, 7) is -0.0167. The number of aromatic amines is 1. The van der Waals surface area contributed by atoms with Crippen molar-refractivity contribution in [3.8, 4) is 11.8 Å². The molecule has 2 aromatic rings. The molecule has 1 heterocycles. The molecule has 0 aliphatic heterocycles. The maximum Gasteiger partial charge on any atom is 0.265 e. The Morgan fingerprint density at radius 1 is 1.24 bits per heavy atom. The van der Waals surface area contributed by atoms with Gasteiger partial charge in [-0.1, -0.05) is 11.8 Å². The van der Waals surface area contributed by atoms with E-state index in [9.17, 15) is 14.0 Å². The van der Waals surface area contributed by atoms with E-state index in [1.165, 1.54) is 12.1 Å². The van der Waals surface area contributed by atoms with Gasteiger partial charge in [-0.3, -0.25) is 14.7 Å². The van der Waals surface area contributed by atoms with Crippen LogP contribution in [0.3, 0.4) is 0 Å². The van der Waals surface area contributed by atoms with E-state index in [0.717, 1.165) is 16.8 Å². The summed E-state index contributed by atoms with van der Waals surface area (Å²) < 4.78 is 14.6. The van der Waals surface area contributed by atoms with Crippen molar-refractivity contribution in [3.63, 3.8) is 0 Å². The Balaban J connectivity index is 2.32. The van der Waals surface area contributed by atoms with Crippen LogP contribution in [-0.4, -0.2) is 21.5 Å². The molecule has 2 N–H and O–H groups in total. The van der Waals surface area contributed by atoms with Crippen LogP contribution < -0.4 is 11.1 Å². The monoisotopic (exact) mass is 288 g/mol. The summed E-state index contributed by atoms with van der Waals surface area (Å²) in [5.74, 6) is 4.95. The van der Waals surface area contributed by atoms with Crippen LogP contribution in [-0.2, 0) is 6.54 Å². The number of H-pyrrole nitrogens is 1. The van der Waals surface area contributed by atoms with Gasteiger partial charge in [-0.15, -0.1) is 0 Å². The predicted molar refractivity (Wildman–Crippen MR) is 75.4 cm³/mol. The van der Waals surface area contributed by atoms with Gasteiger partial charge < -0.3 is 5.11 Å². The lowest BCUT2D eigenvalue weighted by atomic mass is 10.1. The van der Waals surface area contributed by atoms with Crippen molar-refractivity contribution in [1.82, 2.24) is 9.78 Å². The fraction of sp³-hybridized carbons (Fsp3) is 0.200. The third-order valence-corrected chi connectivity index (χ3v) is 2.66. The number of benzene rings is 1. The van der Waals surface area contributed by atoms with Gasteiger partial charge in [0, 0.05) is 24.1 Å². The molecule has 0 fully saturated rings. The molecular formula is C15H13FN2O3. The molecule has 0 saturated carbocycles. The van der Waals surface area contributed by atoms with E-state index in [2.05, 4.69) is 16.9 Å². The van der Waals surface area contributed by atoms with Crippen molar-refractivity contribution in [1.29, 1.82) is 0 Å². The first-order valence-corrected chi connectivity index (χ1v) is 6.28. The van der Waals surface area contributed by atoms with Gasteiger partial charge in [0.25, 0.3) is 11.1 Å². The first-order valence-electron chi connectivity index (χ1n) is 6.28. The van der Waals surface area contributed by atoms with Gasteiger partial charge in [0.2, 0.25) is 0 Å². The molecule has 5 nitrogen and oxygen atoms in total. The molecule has 0 unspecified atom stereocenters. The van der Waals surface area contributed by atoms with E-state index in [-0.39, 0.29) is 18.7 Å². The van der Waals surface area contributed by atoms with Crippen LogP contribution in [0.25, 0.3) is 0 Å². The largest absolute Gasteiger partial charge is 0.395 e. The standard InChI is InChI=1S/C15H13FN2O3/c16-13-8-11(3-1-2-6-19)7-12(9-13)10-18-15(21)5-4-14(20)17-18/h4-5,7-9,19H,2,6,10H2,(H,17,20). The average molecular weight is 288 g/mol. The van der Waals surface area contributed by atoms with E-state index in [1.807, 2.05) is 0 Å². The number of halogens is 1. The van der Waals surface area contributed by atoms with Crippen molar-refractivity contribution < 1.29 is 9.50 Å². The Hall–Kier alpha value is -2.65. The molecule has 6 heteroatoms. The minimum absolute atomic E-state index is 0.0430.